The molecule has 224 valence electrons. The highest BCUT2D eigenvalue weighted by molar-refractivity contribution is 7.86. The fraction of sp³-hybridized carbons (Fsp3) is 0.483. The summed E-state index contributed by atoms with van der Waals surface area (Å²) in [5, 5.41) is 0. The molecule has 7 nitrogen and oxygen atoms in total. The van der Waals surface area contributed by atoms with Gasteiger partial charge in [0.2, 0.25) is 0 Å². The monoisotopic (exact) mass is 596 g/mol. The third kappa shape index (κ3) is 7.53. The molecule has 41 heavy (non-hydrogen) atoms. The van der Waals surface area contributed by atoms with Crippen LogP contribution in [0, 0.1) is 11.2 Å². The first-order valence-corrected chi connectivity index (χ1v) is 14.9. The molecule has 1 fully saturated rings. The fourth-order valence-corrected chi connectivity index (χ4v) is 5.00. The van der Waals surface area contributed by atoms with Crippen LogP contribution < -0.4 is 9.65 Å². The molecule has 0 bridgehead atoms. The van der Waals surface area contributed by atoms with Crippen LogP contribution in [0.25, 0.3) is 5.57 Å². The van der Waals surface area contributed by atoms with E-state index in [1.807, 2.05) is 27.7 Å². The summed E-state index contributed by atoms with van der Waals surface area (Å²) >= 11 is 0. The van der Waals surface area contributed by atoms with Gasteiger partial charge in [0.1, 0.15) is 11.6 Å². The van der Waals surface area contributed by atoms with Crippen LogP contribution >= 0.6 is 0 Å². The minimum absolute atomic E-state index is 0.0106. The van der Waals surface area contributed by atoms with Crippen molar-refractivity contribution in [1.29, 1.82) is 0 Å². The highest BCUT2D eigenvalue weighted by atomic mass is 32.2. The van der Waals surface area contributed by atoms with Gasteiger partial charge >= 0.3 is 23.2 Å². The molecule has 12 heteroatoms. The van der Waals surface area contributed by atoms with Gasteiger partial charge in [0.25, 0.3) is 6.43 Å². The van der Waals surface area contributed by atoms with Crippen LogP contribution in [-0.4, -0.2) is 46.1 Å². The second kappa shape index (κ2) is 11.8. The number of rotatable bonds is 6. The topological polar surface area (TPSA) is 88.1 Å². The molecule has 0 aromatic heterocycles. The molecule has 2 aromatic rings. The molecule has 2 aliphatic rings. The third-order valence-electron chi connectivity index (χ3n) is 7.56. The van der Waals surface area contributed by atoms with Crippen molar-refractivity contribution in [3.05, 3.63) is 65.0 Å². The van der Waals surface area contributed by atoms with Crippen molar-refractivity contribution < 1.29 is 44.6 Å². The van der Waals surface area contributed by atoms with Crippen LogP contribution in [0.15, 0.2) is 42.5 Å². The molecule has 0 spiro atoms. The average Bonchev–Trinajstić information content (AvgIpc) is 3.31. The van der Waals surface area contributed by atoms with E-state index in [-0.39, 0.29) is 22.2 Å². The van der Waals surface area contributed by atoms with E-state index in [0.717, 1.165) is 42.9 Å². The Morgan fingerprint density at radius 1 is 1.00 bits per heavy atom. The zero-order valence-electron chi connectivity index (χ0n) is 24.5. The van der Waals surface area contributed by atoms with Crippen molar-refractivity contribution >= 4 is 34.2 Å². The number of carbonyl (C=O) groups excluding carboxylic acids is 1. The van der Waals surface area contributed by atoms with Crippen molar-refractivity contribution in [3.8, 4) is 5.75 Å². The summed E-state index contributed by atoms with van der Waals surface area (Å²) in [6.45, 7) is 11.5. The van der Waals surface area contributed by atoms with E-state index in [1.54, 1.807) is 6.07 Å². The van der Waals surface area contributed by atoms with Crippen molar-refractivity contribution in [2.75, 3.05) is 13.4 Å². The molecule has 0 saturated carbocycles. The third-order valence-corrected chi connectivity index (χ3v) is 8.04. The SMILES string of the molecule is CC1(C)OB(c2cc(C(F)F)ccc2F)OC1(C)C.COC(=O)c1ccc(OS(C)(=O)=O)c(C2=CCCC2(C)C)c1. The molecule has 1 saturated heterocycles. The smallest absolute Gasteiger partial charge is 0.465 e. The Bertz CT molecular complexity index is 1420. The average molecular weight is 596 g/mol. The molecule has 0 amide bonds. The predicted octanol–water partition coefficient (Wildman–Crippen LogP) is 6.08. The summed E-state index contributed by atoms with van der Waals surface area (Å²) in [5.74, 6) is -0.845. The zero-order chi connectivity index (χ0) is 31.0. The van der Waals surface area contributed by atoms with E-state index < -0.39 is 46.7 Å². The van der Waals surface area contributed by atoms with Gasteiger partial charge in [-0.15, -0.1) is 0 Å². The van der Waals surface area contributed by atoms with Gasteiger partial charge in [-0.25, -0.2) is 18.0 Å². The van der Waals surface area contributed by atoms with Crippen LogP contribution in [0.1, 0.15) is 82.3 Å². The van der Waals surface area contributed by atoms with Gasteiger partial charge in [0.15, 0.2) is 0 Å². The molecule has 0 atom stereocenters. The van der Waals surface area contributed by atoms with Crippen molar-refractivity contribution in [1.82, 2.24) is 0 Å². The van der Waals surface area contributed by atoms with Crippen LogP contribution in [0.4, 0.5) is 13.2 Å². The van der Waals surface area contributed by atoms with Gasteiger partial charge in [0, 0.05) is 16.6 Å². The Morgan fingerprint density at radius 3 is 2.10 bits per heavy atom. The van der Waals surface area contributed by atoms with Gasteiger partial charge in [-0.2, -0.15) is 8.42 Å². The number of alkyl halides is 2. The van der Waals surface area contributed by atoms with Gasteiger partial charge in [0.05, 0.1) is 30.1 Å². The van der Waals surface area contributed by atoms with E-state index in [0.29, 0.717) is 11.1 Å². The maximum atomic E-state index is 13.8. The Kier molecular flexibility index (Phi) is 9.42. The Morgan fingerprint density at radius 2 is 1.61 bits per heavy atom. The number of hydrogen-bond acceptors (Lipinski definition) is 7. The second-order valence-electron chi connectivity index (χ2n) is 11.7. The number of hydrogen-bond donors (Lipinski definition) is 0. The standard InChI is InChI=1S/C16H20O5S.C13H16BF3O2/c1-16(2)9-5-6-13(16)12-10-11(15(17)20-3)7-8-14(12)21-22(4,18)19;1-12(2)13(3,4)19-14(18-12)9-7-8(11(16)17)5-6-10(9)15/h6-8,10H,5,9H2,1-4H3;5-7,11H,1-4H3. The minimum Gasteiger partial charge on any atom is -0.465 e. The maximum Gasteiger partial charge on any atom is 0.497 e. The molecule has 0 unspecified atom stereocenters. The second-order valence-corrected chi connectivity index (χ2v) is 13.3. The summed E-state index contributed by atoms with van der Waals surface area (Å²) < 4.78 is 83.2. The number of esters is 1. The maximum absolute atomic E-state index is 13.8. The van der Waals surface area contributed by atoms with E-state index in [2.05, 4.69) is 19.9 Å². The highest BCUT2D eigenvalue weighted by Gasteiger charge is 2.52. The molecule has 2 aromatic carbocycles. The molecule has 0 N–H and O–H groups in total. The lowest BCUT2D eigenvalue weighted by Crippen LogP contribution is -2.41. The first-order valence-electron chi connectivity index (χ1n) is 13.0. The van der Waals surface area contributed by atoms with Crippen LogP contribution in [0.2, 0.25) is 0 Å². The van der Waals surface area contributed by atoms with Gasteiger partial charge in [-0.05, 0) is 75.8 Å². The number of carbonyl (C=O) groups is 1. The van der Waals surface area contributed by atoms with E-state index in [9.17, 15) is 26.4 Å². The lowest BCUT2D eigenvalue weighted by atomic mass is 9.78. The summed E-state index contributed by atoms with van der Waals surface area (Å²) in [6, 6.07) is 7.81. The van der Waals surface area contributed by atoms with Gasteiger partial charge < -0.3 is 18.2 Å². The Labute approximate surface area is 240 Å². The number of benzene rings is 2. The normalized spacial score (nSPS) is 18.9. The van der Waals surface area contributed by atoms with Crippen LogP contribution in [0.3, 0.4) is 0 Å². The highest BCUT2D eigenvalue weighted by Crippen LogP contribution is 2.47. The van der Waals surface area contributed by atoms with Crippen molar-refractivity contribution in [2.45, 2.75) is 72.0 Å². The molecule has 1 heterocycles. The minimum atomic E-state index is -3.65. The first kappa shape index (κ1) is 32.7. The number of ether oxygens (including phenoxy) is 1. The van der Waals surface area contributed by atoms with Crippen molar-refractivity contribution in [2.24, 2.45) is 5.41 Å². The molecule has 4 rings (SSSR count). The van der Waals surface area contributed by atoms with Gasteiger partial charge in [-0.1, -0.05) is 32.1 Å². The predicted molar refractivity (Wildman–Crippen MR) is 151 cm³/mol. The number of methoxy groups -OCH3 is 1. The van der Waals surface area contributed by atoms with Crippen molar-refractivity contribution in [3.63, 3.8) is 0 Å². The Hall–Kier alpha value is -2.83. The summed E-state index contributed by atoms with van der Waals surface area (Å²) in [5.41, 5.74) is 0.359. The summed E-state index contributed by atoms with van der Waals surface area (Å²) in [6.07, 6.45) is 2.28. The van der Waals surface area contributed by atoms with Gasteiger partial charge in [-0.3, -0.25) is 0 Å². The Balaban J connectivity index is 0.000000228. The largest absolute Gasteiger partial charge is 0.497 e. The van der Waals surface area contributed by atoms with E-state index >= 15 is 0 Å². The van der Waals surface area contributed by atoms with E-state index in [4.69, 9.17) is 18.2 Å². The lowest BCUT2D eigenvalue weighted by Gasteiger charge is -2.32. The zero-order valence-corrected chi connectivity index (χ0v) is 25.3. The first-order chi connectivity index (χ1) is 18.8. The van der Waals surface area contributed by atoms with Crippen LogP contribution in [0.5, 0.6) is 5.75 Å². The molecular formula is C29H36BF3O7S. The summed E-state index contributed by atoms with van der Waals surface area (Å²) in [7, 11) is -3.31. The molecule has 1 aliphatic carbocycles. The fourth-order valence-electron chi connectivity index (χ4n) is 4.53. The number of allylic oxidation sites excluding steroid dienone is 2. The quantitative estimate of drug-likeness (QED) is 0.227. The molecular weight excluding hydrogens is 560 g/mol. The molecule has 0 radical (unpaired) electrons. The molecule has 1 aliphatic heterocycles. The van der Waals surface area contributed by atoms with Crippen LogP contribution in [-0.2, 0) is 24.2 Å². The summed E-state index contributed by atoms with van der Waals surface area (Å²) in [4.78, 5) is 11.7. The van der Waals surface area contributed by atoms with E-state index in [1.165, 1.54) is 19.2 Å². The lowest BCUT2D eigenvalue weighted by molar-refractivity contribution is 0.00578. The number of halogens is 3.